The normalized spacial score (nSPS) is 11.4. The molecule has 1 aromatic carbocycles. The second-order valence-electron chi connectivity index (χ2n) is 2.98. The Labute approximate surface area is 83.4 Å². The van der Waals surface area contributed by atoms with Crippen molar-refractivity contribution >= 4 is 19.0 Å². The highest BCUT2D eigenvalue weighted by molar-refractivity contribution is 7.60. The Bertz CT molecular complexity index is 345. The van der Waals surface area contributed by atoms with Gasteiger partial charge in [-0.25, -0.2) is 0 Å². The van der Waals surface area contributed by atoms with E-state index in [1.807, 2.05) is 6.92 Å². The predicted octanol–water partition coefficient (Wildman–Crippen LogP) is 1.12. The van der Waals surface area contributed by atoms with Crippen molar-refractivity contribution in [1.29, 1.82) is 0 Å². The van der Waals surface area contributed by atoms with Crippen LogP contribution in [0.1, 0.15) is 6.92 Å². The van der Waals surface area contributed by atoms with Crippen LogP contribution in [-0.4, -0.2) is 6.54 Å². The molecule has 1 rings (SSSR count). The number of nitrogen functional groups attached to an aromatic ring is 1. The third-order valence-electron chi connectivity index (χ3n) is 1.87. The SMILES string of the molecule is CCN(c1ccc(N)cc1)P(N)(N)=O. The third kappa shape index (κ3) is 2.48. The van der Waals surface area contributed by atoms with Crippen LogP contribution >= 0.6 is 7.59 Å². The van der Waals surface area contributed by atoms with E-state index in [1.54, 1.807) is 24.3 Å². The lowest BCUT2D eigenvalue weighted by molar-refractivity contribution is 0.573. The van der Waals surface area contributed by atoms with Crippen LogP contribution in [0.2, 0.25) is 0 Å². The highest BCUT2D eigenvalue weighted by Gasteiger charge is 2.19. The van der Waals surface area contributed by atoms with Gasteiger partial charge in [-0.15, -0.1) is 0 Å². The Kier molecular flexibility index (Phi) is 3.16. The maximum atomic E-state index is 11.5. The minimum atomic E-state index is -3.22. The number of benzene rings is 1. The molecule has 0 saturated carbocycles. The van der Waals surface area contributed by atoms with Crippen molar-refractivity contribution in [2.45, 2.75) is 6.92 Å². The zero-order chi connectivity index (χ0) is 10.8. The van der Waals surface area contributed by atoms with Gasteiger partial charge in [-0.3, -0.25) is 20.2 Å². The molecule has 0 aliphatic rings. The Morgan fingerprint density at radius 2 is 1.79 bits per heavy atom. The molecule has 78 valence electrons. The van der Waals surface area contributed by atoms with Crippen LogP contribution in [-0.2, 0) is 4.57 Å². The van der Waals surface area contributed by atoms with Crippen LogP contribution in [0.4, 0.5) is 11.4 Å². The van der Waals surface area contributed by atoms with Crippen molar-refractivity contribution < 1.29 is 4.57 Å². The number of hydrogen-bond donors (Lipinski definition) is 3. The third-order valence-corrected chi connectivity index (χ3v) is 3.14. The molecule has 0 heterocycles. The molecule has 0 fully saturated rings. The van der Waals surface area contributed by atoms with Crippen molar-refractivity contribution in [2.75, 3.05) is 16.9 Å². The molecule has 0 amide bonds. The zero-order valence-electron chi connectivity index (χ0n) is 8.05. The van der Waals surface area contributed by atoms with E-state index in [0.717, 1.165) is 5.69 Å². The fourth-order valence-corrected chi connectivity index (χ4v) is 2.17. The first kappa shape index (κ1) is 11.0. The zero-order valence-corrected chi connectivity index (χ0v) is 8.95. The highest BCUT2D eigenvalue weighted by Crippen LogP contribution is 2.36. The summed E-state index contributed by atoms with van der Waals surface area (Å²) >= 11 is 0. The van der Waals surface area contributed by atoms with E-state index in [4.69, 9.17) is 16.7 Å². The van der Waals surface area contributed by atoms with Gasteiger partial charge in [0.1, 0.15) is 0 Å². The molecule has 6 heteroatoms. The van der Waals surface area contributed by atoms with Crippen LogP contribution in [0.5, 0.6) is 0 Å². The van der Waals surface area contributed by atoms with Gasteiger partial charge in [0.25, 0.3) is 0 Å². The lowest BCUT2D eigenvalue weighted by Gasteiger charge is -2.26. The largest absolute Gasteiger partial charge is 0.399 e. The minimum Gasteiger partial charge on any atom is -0.399 e. The van der Waals surface area contributed by atoms with Crippen LogP contribution in [0.25, 0.3) is 0 Å². The smallest absolute Gasteiger partial charge is 0.300 e. The first-order chi connectivity index (χ1) is 6.45. The van der Waals surface area contributed by atoms with Crippen LogP contribution in [0, 0.1) is 0 Å². The van der Waals surface area contributed by atoms with Crippen molar-refractivity contribution in [3.63, 3.8) is 0 Å². The number of nitrogens with two attached hydrogens (primary N) is 3. The first-order valence-electron chi connectivity index (χ1n) is 4.26. The summed E-state index contributed by atoms with van der Waals surface area (Å²) in [5.41, 5.74) is 17.7. The average molecular weight is 214 g/mol. The molecule has 0 saturated heterocycles. The fraction of sp³-hybridized carbons (Fsp3) is 0.250. The minimum absolute atomic E-state index is 0.494. The van der Waals surface area contributed by atoms with Crippen molar-refractivity contribution in [2.24, 2.45) is 11.0 Å². The number of nitrogens with zero attached hydrogens (tertiary/aromatic N) is 1. The fourth-order valence-electron chi connectivity index (χ4n) is 1.23. The van der Waals surface area contributed by atoms with Gasteiger partial charge >= 0.3 is 7.59 Å². The maximum absolute atomic E-state index is 11.5. The molecule has 0 atom stereocenters. The highest BCUT2D eigenvalue weighted by atomic mass is 31.2. The monoisotopic (exact) mass is 214 g/mol. The van der Waals surface area contributed by atoms with E-state index < -0.39 is 7.59 Å². The van der Waals surface area contributed by atoms with E-state index >= 15 is 0 Å². The molecule has 0 aromatic heterocycles. The van der Waals surface area contributed by atoms with Gasteiger partial charge in [-0.05, 0) is 31.2 Å². The van der Waals surface area contributed by atoms with Gasteiger partial charge < -0.3 is 5.73 Å². The van der Waals surface area contributed by atoms with Gasteiger partial charge in [0.2, 0.25) is 0 Å². The summed E-state index contributed by atoms with van der Waals surface area (Å²) in [6.07, 6.45) is 0. The number of rotatable bonds is 3. The van der Waals surface area contributed by atoms with E-state index in [9.17, 15) is 4.57 Å². The molecular weight excluding hydrogens is 199 g/mol. The molecule has 0 spiro atoms. The van der Waals surface area contributed by atoms with Gasteiger partial charge in [-0.2, -0.15) is 0 Å². The molecule has 0 bridgehead atoms. The number of hydrogen-bond acceptors (Lipinski definition) is 2. The maximum Gasteiger partial charge on any atom is 0.300 e. The first-order valence-corrected chi connectivity index (χ1v) is 6.05. The van der Waals surface area contributed by atoms with Gasteiger partial charge in [0.15, 0.2) is 0 Å². The topological polar surface area (TPSA) is 98.4 Å². The van der Waals surface area contributed by atoms with E-state index in [2.05, 4.69) is 0 Å². The average Bonchev–Trinajstić information content (AvgIpc) is 2.07. The van der Waals surface area contributed by atoms with Gasteiger partial charge in [0, 0.05) is 17.9 Å². The molecule has 6 N–H and O–H groups in total. The Morgan fingerprint density at radius 1 is 1.29 bits per heavy atom. The summed E-state index contributed by atoms with van der Waals surface area (Å²) in [7, 11) is -3.22. The van der Waals surface area contributed by atoms with Crippen LogP contribution in [0.3, 0.4) is 0 Å². The van der Waals surface area contributed by atoms with Crippen molar-refractivity contribution in [1.82, 2.24) is 0 Å². The summed E-state index contributed by atoms with van der Waals surface area (Å²) in [6, 6.07) is 6.91. The summed E-state index contributed by atoms with van der Waals surface area (Å²) in [6.45, 7) is 2.33. The Balaban J connectivity index is 3.02. The molecule has 5 nitrogen and oxygen atoms in total. The molecule has 1 aromatic rings. The molecule has 0 radical (unpaired) electrons. The standard InChI is InChI=1S/C8H15N4OP/c1-2-12(14(10,11)13)8-5-3-7(9)4-6-8/h3-6H,2,9H2,1H3,(H4,10,11,13). The summed E-state index contributed by atoms with van der Waals surface area (Å²) in [4.78, 5) is 0. The lowest BCUT2D eigenvalue weighted by Crippen LogP contribution is -2.28. The van der Waals surface area contributed by atoms with Crippen molar-refractivity contribution in [3.8, 4) is 0 Å². The molecular formula is C8H15N4OP. The molecule has 0 aliphatic carbocycles. The van der Waals surface area contributed by atoms with E-state index in [0.29, 0.717) is 12.2 Å². The van der Waals surface area contributed by atoms with Gasteiger partial charge in [-0.1, -0.05) is 0 Å². The predicted molar refractivity (Wildman–Crippen MR) is 59.9 cm³/mol. The van der Waals surface area contributed by atoms with Crippen LogP contribution in [0.15, 0.2) is 24.3 Å². The summed E-state index contributed by atoms with van der Waals surface area (Å²) < 4.78 is 12.9. The lowest BCUT2D eigenvalue weighted by atomic mass is 10.3. The van der Waals surface area contributed by atoms with Crippen molar-refractivity contribution in [3.05, 3.63) is 24.3 Å². The number of anilines is 2. The van der Waals surface area contributed by atoms with Crippen LogP contribution < -0.4 is 21.4 Å². The quantitative estimate of drug-likeness (QED) is 0.517. The molecule has 0 unspecified atom stereocenters. The second-order valence-corrected chi connectivity index (χ2v) is 4.81. The Hall–Kier alpha value is -1.03. The van der Waals surface area contributed by atoms with E-state index in [-0.39, 0.29) is 0 Å². The molecule has 14 heavy (non-hydrogen) atoms. The Morgan fingerprint density at radius 3 is 2.14 bits per heavy atom. The molecule has 0 aliphatic heterocycles. The second kappa shape index (κ2) is 4.00. The van der Waals surface area contributed by atoms with E-state index in [1.165, 1.54) is 4.67 Å². The summed E-state index contributed by atoms with van der Waals surface area (Å²) in [5.74, 6) is 0. The summed E-state index contributed by atoms with van der Waals surface area (Å²) in [5, 5.41) is 0. The van der Waals surface area contributed by atoms with Gasteiger partial charge in [0.05, 0.1) is 0 Å².